The largest absolute Gasteiger partial charge is 0.357 e. The highest BCUT2D eigenvalue weighted by Crippen LogP contribution is 2.27. The van der Waals surface area contributed by atoms with Gasteiger partial charge in [-0.3, -0.25) is 4.79 Å². The molecule has 3 rings (SSSR count). The van der Waals surface area contributed by atoms with E-state index in [1.54, 1.807) is 0 Å². The lowest BCUT2D eigenvalue weighted by Gasteiger charge is -2.25. The fourth-order valence-corrected chi connectivity index (χ4v) is 3.59. The lowest BCUT2D eigenvalue weighted by molar-refractivity contribution is -0.117. The van der Waals surface area contributed by atoms with Gasteiger partial charge in [-0.25, -0.2) is 4.99 Å². The van der Waals surface area contributed by atoms with Gasteiger partial charge in [0.25, 0.3) is 0 Å². The Labute approximate surface area is 144 Å². The molecule has 0 atom stereocenters. The molecule has 1 fully saturated rings. The van der Waals surface area contributed by atoms with Crippen molar-refractivity contribution in [1.82, 2.24) is 10.6 Å². The Morgan fingerprint density at radius 3 is 2.83 bits per heavy atom. The van der Waals surface area contributed by atoms with Crippen molar-refractivity contribution in [2.24, 2.45) is 4.99 Å². The summed E-state index contributed by atoms with van der Waals surface area (Å²) in [5, 5.41) is 6.75. The van der Waals surface area contributed by atoms with E-state index in [1.807, 2.05) is 23.1 Å². The Morgan fingerprint density at radius 1 is 1.25 bits per heavy atom. The van der Waals surface area contributed by atoms with Gasteiger partial charge in [-0.1, -0.05) is 37.5 Å². The summed E-state index contributed by atoms with van der Waals surface area (Å²) in [4.78, 5) is 19.0. The number of amides is 1. The Hall–Kier alpha value is -2.04. The van der Waals surface area contributed by atoms with Crippen LogP contribution in [0.2, 0.25) is 0 Å². The highest BCUT2D eigenvalue weighted by molar-refractivity contribution is 5.98. The number of carbonyl (C=O) groups excluding carboxylic acids is 1. The topological polar surface area (TPSA) is 56.7 Å². The summed E-state index contributed by atoms with van der Waals surface area (Å²) in [5.41, 5.74) is 2.30. The van der Waals surface area contributed by atoms with E-state index in [0.29, 0.717) is 6.04 Å². The highest BCUT2D eigenvalue weighted by atomic mass is 16.2. The summed E-state index contributed by atoms with van der Waals surface area (Å²) in [6, 6.07) is 8.62. The van der Waals surface area contributed by atoms with Crippen LogP contribution >= 0.6 is 0 Å². The van der Waals surface area contributed by atoms with Gasteiger partial charge >= 0.3 is 0 Å². The van der Waals surface area contributed by atoms with Crippen LogP contribution in [0.5, 0.6) is 0 Å². The molecule has 1 aromatic carbocycles. The molecule has 1 amide bonds. The molecule has 2 N–H and O–H groups in total. The van der Waals surface area contributed by atoms with Gasteiger partial charge in [0.05, 0.1) is 0 Å². The number of benzene rings is 1. The summed E-state index contributed by atoms with van der Waals surface area (Å²) < 4.78 is 0. The quantitative estimate of drug-likeness (QED) is 0.659. The van der Waals surface area contributed by atoms with E-state index in [9.17, 15) is 4.79 Å². The average Bonchev–Trinajstić information content (AvgIpc) is 3.05. The van der Waals surface area contributed by atoms with Crippen LogP contribution in [0.25, 0.3) is 0 Å². The average molecular weight is 328 g/mol. The highest BCUT2D eigenvalue weighted by Gasteiger charge is 2.23. The van der Waals surface area contributed by atoms with E-state index < -0.39 is 0 Å². The summed E-state index contributed by atoms with van der Waals surface area (Å²) >= 11 is 0. The van der Waals surface area contributed by atoms with Crippen molar-refractivity contribution in [2.45, 2.75) is 51.5 Å². The minimum Gasteiger partial charge on any atom is -0.357 e. The lowest BCUT2D eigenvalue weighted by atomic mass is 9.96. The zero-order valence-corrected chi connectivity index (χ0v) is 14.6. The van der Waals surface area contributed by atoms with Crippen molar-refractivity contribution < 1.29 is 4.79 Å². The zero-order valence-electron chi connectivity index (χ0n) is 14.6. The lowest BCUT2D eigenvalue weighted by Crippen LogP contribution is -2.44. The second-order valence-electron chi connectivity index (χ2n) is 6.60. The summed E-state index contributed by atoms with van der Waals surface area (Å²) in [5.74, 6) is 0.839. The number of guanidine groups is 1. The molecule has 1 aromatic rings. The maximum absolute atomic E-state index is 12.6. The number of nitrogens with zero attached hydrogens (tertiary/aromatic N) is 2. The minimum absolute atomic E-state index is 0.0702. The normalized spacial score (nSPS) is 18.4. The van der Waals surface area contributed by atoms with E-state index in [-0.39, 0.29) is 12.5 Å². The van der Waals surface area contributed by atoms with E-state index in [2.05, 4.69) is 28.6 Å². The van der Waals surface area contributed by atoms with Crippen LogP contribution in [-0.2, 0) is 11.2 Å². The van der Waals surface area contributed by atoms with Gasteiger partial charge in [0.2, 0.25) is 5.91 Å². The number of rotatable bonds is 4. The van der Waals surface area contributed by atoms with Gasteiger partial charge < -0.3 is 15.5 Å². The fraction of sp³-hybridized carbons (Fsp3) is 0.579. The molecule has 1 saturated carbocycles. The Bertz CT molecular complexity index is 593. The molecular formula is C19H28N4O. The number of aliphatic imine (C=N–C) groups is 1. The second-order valence-corrected chi connectivity index (χ2v) is 6.60. The molecule has 5 nitrogen and oxygen atoms in total. The molecule has 0 saturated heterocycles. The third-order valence-electron chi connectivity index (χ3n) is 4.85. The molecule has 0 bridgehead atoms. The number of anilines is 1. The summed E-state index contributed by atoms with van der Waals surface area (Å²) in [7, 11) is 0. The molecular weight excluding hydrogens is 300 g/mol. The van der Waals surface area contributed by atoms with Gasteiger partial charge in [0, 0.05) is 24.8 Å². The molecule has 0 aromatic heterocycles. The predicted molar refractivity (Wildman–Crippen MR) is 98.5 cm³/mol. The molecule has 24 heavy (non-hydrogen) atoms. The number of carbonyl (C=O) groups is 1. The summed E-state index contributed by atoms with van der Waals surface area (Å²) in [6.07, 6.45) is 7.21. The van der Waals surface area contributed by atoms with E-state index in [0.717, 1.165) is 31.2 Å². The monoisotopic (exact) mass is 328 g/mol. The second kappa shape index (κ2) is 8.18. The van der Waals surface area contributed by atoms with Crippen molar-refractivity contribution >= 4 is 17.6 Å². The number of para-hydroxylation sites is 1. The van der Waals surface area contributed by atoms with Crippen LogP contribution in [-0.4, -0.2) is 37.5 Å². The Kier molecular flexibility index (Phi) is 5.72. The standard InChI is InChI=1S/C19H28N4O/c1-2-20-19(22-16-9-4-3-5-10-16)21-14-18(24)23-13-12-15-8-6-7-11-17(15)23/h6-8,11,16H,2-5,9-10,12-14H2,1H3,(H2,20,21,22). The number of hydrogen-bond donors (Lipinski definition) is 2. The maximum atomic E-state index is 12.6. The predicted octanol–water partition coefficient (Wildman–Crippen LogP) is 2.46. The smallest absolute Gasteiger partial charge is 0.248 e. The van der Waals surface area contributed by atoms with Gasteiger partial charge in [0.1, 0.15) is 6.54 Å². The first-order chi connectivity index (χ1) is 11.8. The molecule has 130 valence electrons. The first-order valence-corrected chi connectivity index (χ1v) is 9.21. The number of hydrogen-bond acceptors (Lipinski definition) is 2. The Morgan fingerprint density at radius 2 is 2.04 bits per heavy atom. The third-order valence-corrected chi connectivity index (χ3v) is 4.85. The number of fused-ring (bicyclic) bond motifs is 1. The van der Waals surface area contributed by atoms with Crippen molar-refractivity contribution in [3.05, 3.63) is 29.8 Å². The third kappa shape index (κ3) is 4.08. The SMILES string of the molecule is CCNC(=NCC(=O)N1CCc2ccccc21)NC1CCCCC1. The molecule has 1 aliphatic heterocycles. The zero-order chi connectivity index (χ0) is 16.8. The first kappa shape index (κ1) is 16.8. The van der Waals surface area contributed by atoms with Crippen LogP contribution in [0.15, 0.2) is 29.3 Å². The van der Waals surface area contributed by atoms with Crippen LogP contribution in [0, 0.1) is 0 Å². The minimum atomic E-state index is 0.0702. The maximum Gasteiger partial charge on any atom is 0.248 e. The summed E-state index contributed by atoms with van der Waals surface area (Å²) in [6.45, 7) is 3.81. The molecule has 5 heteroatoms. The molecule has 1 aliphatic carbocycles. The van der Waals surface area contributed by atoms with E-state index >= 15 is 0 Å². The van der Waals surface area contributed by atoms with Crippen molar-refractivity contribution in [1.29, 1.82) is 0 Å². The van der Waals surface area contributed by atoms with Gasteiger partial charge in [0.15, 0.2) is 5.96 Å². The first-order valence-electron chi connectivity index (χ1n) is 9.21. The van der Waals surface area contributed by atoms with E-state index in [4.69, 9.17) is 0 Å². The van der Waals surface area contributed by atoms with Gasteiger partial charge in [-0.05, 0) is 37.8 Å². The van der Waals surface area contributed by atoms with Gasteiger partial charge in [-0.15, -0.1) is 0 Å². The fourth-order valence-electron chi connectivity index (χ4n) is 3.59. The van der Waals surface area contributed by atoms with Crippen LogP contribution < -0.4 is 15.5 Å². The molecule has 0 unspecified atom stereocenters. The number of nitrogens with one attached hydrogen (secondary N) is 2. The van der Waals surface area contributed by atoms with Crippen LogP contribution in [0.1, 0.15) is 44.6 Å². The molecule has 0 spiro atoms. The Balaban J connectivity index is 1.60. The van der Waals surface area contributed by atoms with Crippen molar-refractivity contribution in [2.75, 3.05) is 24.5 Å². The molecule has 2 aliphatic rings. The van der Waals surface area contributed by atoms with E-state index in [1.165, 1.54) is 37.7 Å². The molecule has 1 heterocycles. The van der Waals surface area contributed by atoms with Crippen LogP contribution in [0.4, 0.5) is 5.69 Å². The molecule has 0 radical (unpaired) electrons. The van der Waals surface area contributed by atoms with Gasteiger partial charge in [-0.2, -0.15) is 0 Å². The van der Waals surface area contributed by atoms with Crippen molar-refractivity contribution in [3.8, 4) is 0 Å². The van der Waals surface area contributed by atoms with Crippen molar-refractivity contribution in [3.63, 3.8) is 0 Å². The van der Waals surface area contributed by atoms with Crippen LogP contribution in [0.3, 0.4) is 0 Å².